The number of piperazine rings is 1. The van der Waals surface area contributed by atoms with Crippen molar-refractivity contribution in [3.8, 4) is 0 Å². The van der Waals surface area contributed by atoms with E-state index >= 15 is 0 Å². The second-order valence-electron chi connectivity index (χ2n) is 9.16. The zero-order valence-corrected chi connectivity index (χ0v) is 15.6. The minimum absolute atomic E-state index is 0.0891. The average Bonchev–Trinajstić information content (AvgIpc) is 2.66. The Morgan fingerprint density at radius 1 is 1.00 bits per heavy atom. The van der Waals surface area contributed by atoms with Gasteiger partial charge in [0.15, 0.2) is 0 Å². The van der Waals surface area contributed by atoms with E-state index in [1.54, 1.807) is 18.3 Å². The van der Waals surface area contributed by atoms with Gasteiger partial charge >= 0.3 is 5.97 Å². The number of pyridine rings is 1. The number of aromatic nitrogens is 1. The fraction of sp³-hybridized carbons (Fsp3) is 0.667. The highest BCUT2D eigenvalue weighted by atomic mass is 16.4. The third kappa shape index (κ3) is 2.80. The van der Waals surface area contributed by atoms with Crippen LogP contribution in [0.3, 0.4) is 0 Å². The summed E-state index contributed by atoms with van der Waals surface area (Å²) in [5, 5.41) is 9.40. The number of hydrogen-bond acceptors (Lipinski definition) is 4. The van der Waals surface area contributed by atoms with E-state index in [0.29, 0.717) is 37.9 Å². The van der Waals surface area contributed by atoms with E-state index in [2.05, 4.69) is 4.98 Å². The lowest BCUT2D eigenvalue weighted by Gasteiger charge is -2.57. The molecule has 1 aromatic heterocycles. The molecule has 5 fully saturated rings. The van der Waals surface area contributed by atoms with Crippen molar-refractivity contribution in [2.45, 2.75) is 38.5 Å². The van der Waals surface area contributed by atoms with Gasteiger partial charge in [-0.2, -0.15) is 0 Å². The summed E-state index contributed by atoms with van der Waals surface area (Å²) in [5.74, 6) is 2.26. The number of carboxylic acid groups (broad SMARTS) is 1. The van der Waals surface area contributed by atoms with E-state index in [4.69, 9.17) is 0 Å². The maximum absolute atomic E-state index is 13.5. The fourth-order valence-corrected chi connectivity index (χ4v) is 6.65. The molecule has 4 aliphatic carbocycles. The number of nitrogens with zero attached hydrogens (tertiary/aromatic N) is 3. The molecule has 1 amide bonds. The second kappa shape index (κ2) is 6.21. The normalized spacial score (nSPS) is 34.7. The lowest BCUT2D eigenvalue weighted by molar-refractivity contribution is -0.158. The molecule has 0 atom stereocenters. The third-order valence-electron chi connectivity index (χ3n) is 7.38. The molecule has 27 heavy (non-hydrogen) atoms. The van der Waals surface area contributed by atoms with Crippen LogP contribution in [0.15, 0.2) is 18.3 Å². The summed E-state index contributed by atoms with van der Waals surface area (Å²) < 4.78 is 0. The lowest BCUT2D eigenvalue weighted by Crippen LogP contribution is -2.58. The first-order valence-corrected chi connectivity index (χ1v) is 10.3. The molecule has 2 heterocycles. The molecule has 144 valence electrons. The van der Waals surface area contributed by atoms with Crippen LogP contribution in [0.1, 0.15) is 48.9 Å². The molecule has 1 N–H and O–H groups in total. The predicted molar refractivity (Wildman–Crippen MR) is 101 cm³/mol. The van der Waals surface area contributed by atoms with Crippen LogP contribution in [0.4, 0.5) is 5.82 Å². The summed E-state index contributed by atoms with van der Waals surface area (Å²) in [6, 6.07) is 3.25. The number of aromatic carboxylic acids is 1. The molecule has 4 saturated carbocycles. The molecule has 1 aliphatic heterocycles. The molecule has 6 heteroatoms. The summed E-state index contributed by atoms with van der Waals surface area (Å²) in [6.45, 7) is 2.62. The molecule has 6 rings (SSSR count). The van der Waals surface area contributed by atoms with E-state index in [-0.39, 0.29) is 11.0 Å². The summed E-state index contributed by atoms with van der Waals surface area (Å²) in [5.41, 5.74) is 0.145. The summed E-state index contributed by atoms with van der Waals surface area (Å²) in [6.07, 6.45) is 8.97. The van der Waals surface area contributed by atoms with Gasteiger partial charge in [0.05, 0.1) is 5.41 Å². The van der Waals surface area contributed by atoms with E-state index in [9.17, 15) is 14.7 Å². The van der Waals surface area contributed by atoms with Gasteiger partial charge in [0.25, 0.3) is 0 Å². The van der Waals surface area contributed by atoms with Crippen LogP contribution in [0.2, 0.25) is 0 Å². The van der Waals surface area contributed by atoms with Gasteiger partial charge in [-0.05, 0) is 68.4 Å². The van der Waals surface area contributed by atoms with E-state index < -0.39 is 5.97 Å². The number of anilines is 1. The van der Waals surface area contributed by atoms with E-state index in [1.165, 1.54) is 19.3 Å². The molecular formula is C21H27N3O3. The minimum Gasteiger partial charge on any atom is -0.478 e. The molecule has 4 bridgehead atoms. The Morgan fingerprint density at radius 3 is 2.15 bits per heavy atom. The topological polar surface area (TPSA) is 73.7 Å². The van der Waals surface area contributed by atoms with Gasteiger partial charge in [-0.3, -0.25) is 4.79 Å². The molecule has 1 aromatic rings. The van der Waals surface area contributed by atoms with Crippen LogP contribution in [0.25, 0.3) is 0 Å². The van der Waals surface area contributed by atoms with E-state index in [0.717, 1.165) is 37.0 Å². The van der Waals surface area contributed by atoms with Crippen LogP contribution >= 0.6 is 0 Å². The highest BCUT2D eigenvalue weighted by molar-refractivity contribution is 5.93. The number of carbonyl (C=O) groups excluding carboxylic acids is 1. The Morgan fingerprint density at radius 2 is 1.59 bits per heavy atom. The summed E-state index contributed by atoms with van der Waals surface area (Å²) >= 11 is 0. The van der Waals surface area contributed by atoms with Crippen LogP contribution < -0.4 is 4.90 Å². The monoisotopic (exact) mass is 369 g/mol. The van der Waals surface area contributed by atoms with Gasteiger partial charge < -0.3 is 14.9 Å². The summed E-state index contributed by atoms with van der Waals surface area (Å²) in [4.78, 5) is 33.3. The maximum atomic E-state index is 13.5. The molecule has 1 saturated heterocycles. The van der Waals surface area contributed by atoms with Crippen LogP contribution in [-0.4, -0.2) is 53.0 Å². The van der Waals surface area contributed by atoms with Gasteiger partial charge in [0, 0.05) is 32.4 Å². The highest BCUT2D eigenvalue weighted by Gasteiger charge is 2.55. The summed E-state index contributed by atoms with van der Waals surface area (Å²) in [7, 11) is 0. The second-order valence-corrected chi connectivity index (χ2v) is 9.16. The van der Waals surface area contributed by atoms with Gasteiger partial charge in [0.1, 0.15) is 11.4 Å². The number of rotatable bonds is 3. The Labute approximate surface area is 159 Å². The highest BCUT2D eigenvalue weighted by Crippen LogP contribution is 2.60. The quantitative estimate of drug-likeness (QED) is 0.887. The van der Waals surface area contributed by atoms with Crippen LogP contribution in [0, 0.1) is 23.2 Å². The third-order valence-corrected chi connectivity index (χ3v) is 7.38. The van der Waals surface area contributed by atoms with E-state index in [1.807, 2.05) is 9.80 Å². The zero-order chi connectivity index (χ0) is 18.6. The zero-order valence-electron chi connectivity index (χ0n) is 15.6. The average molecular weight is 369 g/mol. The van der Waals surface area contributed by atoms with Crippen molar-refractivity contribution < 1.29 is 14.7 Å². The SMILES string of the molecule is O=C(O)c1cccnc1N1CCN(C(=O)C23CC4CC(CC(C4)C2)C3)CC1. The molecule has 5 aliphatic rings. The van der Waals surface area contributed by atoms with Crippen molar-refractivity contribution in [1.29, 1.82) is 0 Å². The molecular weight excluding hydrogens is 342 g/mol. The molecule has 0 spiro atoms. The van der Waals surface area contributed by atoms with Crippen molar-refractivity contribution in [3.63, 3.8) is 0 Å². The van der Waals surface area contributed by atoms with Crippen molar-refractivity contribution in [2.24, 2.45) is 23.2 Å². The molecule has 0 aromatic carbocycles. The first kappa shape index (κ1) is 17.0. The first-order chi connectivity index (χ1) is 13.0. The molecule has 0 unspecified atom stereocenters. The molecule has 0 radical (unpaired) electrons. The van der Waals surface area contributed by atoms with Crippen molar-refractivity contribution in [1.82, 2.24) is 9.88 Å². The standard InChI is InChI=1S/C21H27N3O3/c25-19(26)17-2-1-3-22-18(17)23-4-6-24(7-5-23)20(27)21-11-14-8-15(12-21)10-16(9-14)13-21/h1-3,14-16H,4-13H2,(H,25,26). The number of carbonyl (C=O) groups is 2. The smallest absolute Gasteiger partial charge is 0.339 e. The van der Waals surface area contributed by atoms with Crippen molar-refractivity contribution >= 4 is 17.7 Å². The van der Waals surface area contributed by atoms with Crippen LogP contribution in [0.5, 0.6) is 0 Å². The number of amides is 1. The van der Waals surface area contributed by atoms with Gasteiger partial charge in [-0.15, -0.1) is 0 Å². The van der Waals surface area contributed by atoms with Gasteiger partial charge in [0.2, 0.25) is 5.91 Å². The van der Waals surface area contributed by atoms with Crippen molar-refractivity contribution in [3.05, 3.63) is 23.9 Å². The Kier molecular flexibility index (Phi) is 3.92. The number of hydrogen-bond donors (Lipinski definition) is 1. The lowest BCUT2D eigenvalue weighted by atomic mass is 9.49. The Balaban J connectivity index is 1.29. The van der Waals surface area contributed by atoms with Crippen LogP contribution in [-0.2, 0) is 4.79 Å². The van der Waals surface area contributed by atoms with Crippen molar-refractivity contribution in [2.75, 3.05) is 31.1 Å². The predicted octanol–water partition coefficient (Wildman–Crippen LogP) is 2.64. The maximum Gasteiger partial charge on any atom is 0.339 e. The Bertz CT molecular complexity index is 734. The largest absolute Gasteiger partial charge is 0.478 e. The Hall–Kier alpha value is -2.11. The number of carboxylic acids is 1. The fourth-order valence-electron chi connectivity index (χ4n) is 6.65. The van der Waals surface area contributed by atoms with Gasteiger partial charge in [-0.1, -0.05) is 0 Å². The molecule has 6 nitrogen and oxygen atoms in total. The minimum atomic E-state index is -0.954. The van der Waals surface area contributed by atoms with Gasteiger partial charge in [-0.25, -0.2) is 9.78 Å². The first-order valence-electron chi connectivity index (χ1n) is 10.3.